The highest BCUT2D eigenvalue weighted by Crippen LogP contribution is 2.33. The van der Waals surface area contributed by atoms with Crippen molar-refractivity contribution in [1.82, 2.24) is 15.5 Å². The zero-order valence-corrected chi connectivity index (χ0v) is 12.8. The van der Waals surface area contributed by atoms with Crippen molar-refractivity contribution in [3.63, 3.8) is 0 Å². The molecule has 1 unspecified atom stereocenters. The van der Waals surface area contributed by atoms with Gasteiger partial charge < -0.3 is 5.32 Å². The summed E-state index contributed by atoms with van der Waals surface area (Å²) in [5, 5.41) is 11.3. The van der Waals surface area contributed by atoms with E-state index in [2.05, 4.69) is 22.4 Å². The molecule has 0 spiro atoms. The van der Waals surface area contributed by atoms with Crippen molar-refractivity contribution in [2.24, 2.45) is 0 Å². The first kappa shape index (κ1) is 14.1. The standard InChI is InChI=1S/C11H17N3OS3/c1-2-7-16-10-13-14-11(18-10)17-8-5-3-4-6-12-9(8)15/h8H,2-7H2,1H3,(H,12,15). The first-order chi connectivity index (χ1) is 8.79. The van der Waals surface area contributed by atoms with E-state index in [0.717, 1.165) is 46.7 Å². The monoisotopic (exact) mass is 303 g/mol. The number of carbonyl (C=O) groups excluding carboxylic acids is 1. The molecule has 1 atom stereocenters. The SMILES string of the molecule is CCCSc1nnc(SC2CCCCNC2=O)s1. The van der Waals surface area contributed by atoms with Crippen LogP contribution in [-0.2, 0) is 4.79 Å². The molecular weight excluding hydrogens is 286 g/mol. The fourth-order valence-corrected chi connectivity index (χ4v) is 4.89. The first-order valence-electron chi connectivity index (χ1n) is 6.20. The van der Waals surface area contributed by atoms with Crippen molar-refractivity contribution in [1.29, 1.82) is 0 Å². The van der Waals surface area contributed by atoms with E-state index in [1.165, 1.54) is 0 Å². The summed E-state index contributed by atoms with van der Waals surface area (Å²) in [5.74, 6) is 1.22. The Kier molecular flexibility index (Phi) is 5.78. The minimum atomic E-state index is 0.00414. The zero-order valence-electron chi connectivity index (χ0n) is 10.3. The Morgan fingerprint density at radius 3 is 3.06 bits per heavy atom. The molecule has 2 heterocycles. The van der Waals surface area contributed by atoms with Crippen LogP contribution in [0.1, 0.15) is 32.6 Å². The second-order valence-corrected chi connectivity index (χ2v) is 7.85. The maximum absolute atomic E-state index is 11.8. The van der Waals surface area contributed by atoms with Crippen molar-refractivity contribution >= 4 is 40.8 Å². The second-order valence-electron chi connectivity index (χ2n) is 4.08. The Morgan fingerprint density at radius 1 is 1.39 bits per heavy atom. The van der Waals surface area contributed by atoms with Gasteiger partial charge in [0.15, 0.2) is 8.68 Å². The Morgan fingerprint density at radius 2 is 2.22 bits per heavy atom. The number of aromatic nitrogens is 2. The number of nitrogens with one attached hydrogen (secondary N) is 1. The highest BCUT2D eigenvalue weighted by atomic mass is 32.2. The number of rotatable bonds is 5. The lowest BCUT2D eigenvalue weighted by Crippen LogP contribution is -2.30. The molecule has 1 saturated heterocycles. The quantitative estimate of drug-likeness (QED) is 0.848. The number of carbonyl (C=O) groups is 1. The number of hydrogen-bond acceptors (Lipinski definition) is 6. The lowest BCUT2D eigenvalue weighted by atomic mass is 10.2. The van der Waals surface area contributed by atoms with Gasteiger partial charge in [-0.2, -0.15) is 0 Å². The van der Waals surface area contributed by atoms with E-state index in [1.54, 1.807) is 34.9 Å². The lowest BCUT2D eigenvalue weighted by molar-refractivity contribution is -0.120. The Balaban J connectivity index is 1.91. The number of thioether (sulfide) groups is 2. The Hall–Kier alpha value is -0.270. The Bertz CT molecular complexity index is 397. The van der Waals surface area contributed by atoms with E-state index in [9.17, 15) is 4.79 Å². The summed E-state index contributed by atoms with van der Waals surface area (Å²) in [7, 11) is 0. The van der Waals surface area contributed by atoms with Crippen LogP contribution in [0.5, 0.6) is 0 Å². The maximum Gasteiger partial charge on any atom is 0.233 e. The summed E-state index contributed by atoms with van der Waals surface area (Å²) in [4.78, 5) is 11.8. The maximum atomic E-state index is 11.8. The van der Waals surface area contributed by atoms with Gasteiger partial charge in [-0.05, 0) is 19.3 Å². The van der Waals surface area contributed by atoms with Crippen molar-refractivity contribution in [2.45, 2.75) is 46.5 Å². The summed E-state index contributed by atoms with van der Waals surface area (Å²) in [6, 6.07) is 0. The molecule has 1 aliphatic rings. The van der Waals surface area contributed by atoms with E-state index in [1.807, 2.05) is 0 Å². The molecule has 4 nitrogen and oxygen atoms in total. The van der Waals surface area contributed by atoms with Gasteiger partial charge in [0.05, 0.1) is 5.25 Å². The molecule has 1 aromatic heterocycles. The second kappa shape index (κ2) is 7.35. The fraction of sp³-hybridized carbons (Fsp3) is 0.727. The van der Waals surface area contributed by atoms with Crippen LogP contribution in [0.3, 0.4) is 0 Å². The van der Waals surface area contributed by atoms with Gasteiger partial charge >= 0.3 is 0 Å². The van der Waals surface area contributed by atoms with E-state index < -0.39 is 0 Å². The van der Waals surface area contributed by atoms with Crippen molar-refractivity contribution in [3.05, 3.63) is 0 Å². The van der Waals surface area contributed by atoms with Crippen LogP contribution in [0.4, 0.5) is 0 Å². The molecular formula is C11H17N3OS3. The zero-order chi connectivity index (χ0) is 12.8. The molecule has 1 fully saturated rings. The smallest absolute Gasteiger partial charge is 0.233 e. The third-order valence-corrected chi connectivity index (χ3v) is 6.16. The molecule has 0 saturated carbocycles. The third kappa shape index (κ3) is 4.13. The van der Waals surface area contributed by atoms with Crippen LogP contribution in [0.15, 0.2) is 8.68 Å². The minimum absolute atomic E-state index is 0.00414. The molecule has 1 aliphatic heterocycles. The van der Waals surface area contributed by atoms with Crippen molar-refractivity contribution in [3.8, 4) is 0 Å². The predicted molar refractivity (Wildman–Crippen MR) is 77.4 cm³/mol. The predicted octanol–water partition coefficient (Wildman–Crippen LogP) is 2.80. The van der Waals surface area contributed by atoms with Gasteiger partial charge in [-0.15, -0.1) is 10.2 Å². The van der Waals surface area contributed by atoms with Crippen LogP contribution in [0, 0.1) is 0 Å². The van der Waals surface area contributed by atoms with Crippen molar-refractivity contribution in [2.75, 3.05) is 12.3 Å². The molecule has 0 radical (unpaired) electrons. The van der Waals surface area contributed by atoms with Crippen molar-refractivity contribution < 1.29 is 4.79 Å². The van der Waals surface area contributed by atoms with Gasteiger partial charge in [-0.1, -0.05) is 48.2 Å². The molecule has 2 rings (SSSR count). The van der Waals surface area contributed by atoms with Crippen LogP contribution in [0.25, 0.3) is 0 Å². The fourth-order valence-electron chi connectivity index (χ4n) is 1.64. The molecule has 18 heavy (non-hydrogen) atoms. The molecule has 100 valence electrons. The van der Waals surface area contributed by atoms with E-state index in [4.69, 9.17) is 0 Å². The molecule has 1 N–H and O–H groups in total. The highest BCUT2D eigenvalue weighted by Gasteiger charge is 2.23. The Labute approximate surface area is 120 Å². The van der Waals surface area contributed by atoms with Crippen LogP contribution in [0.2, 0.25) is 0 Å². The largest absolute Gasteiger partial charge is 0.355 e. The van der Waals surface area contributed by atoms with Gasteiger partial charge in [0.1, 0.15) is 0 Å². The summed E-state index contributed by atoms with van der Waals surface area (Å²) >= 11 is 4.90. The van der Waals surface area contributed by atoms with Crippen LogP contribution in [-0.4, -0.2) is 33.7 Å². The van der Waals surface area contributed by atoms with Crippen LogP contribution < -0.4 is 5.32 Å². The van der Waals surface area contributed by atoms with Gasteiger partial charge in [-0.3, -0.25) is 4.79 Å². The summed E-state index contributed by atoms with van der Waals surface area (Å²) in [5.41, 5.74) is 0. The molecule has 7 heteroatoms. The molecule has 1 aromatic rings. The van der Waals surface area contributed by atoms with Crippen LogP contribution >= 0.6 is 34.9 Å². The molecule has 1 amide bonds. The minimum Gasteiger partial charge on any atom is -0.355 e. The van der Waals surface area contributed by atoms with Gasteiger partial charge in [0.25, 0.3) is 0 Å². The number of amides is 1. The summed E-state index contributed by atoms with van der Waals surface area (Å²) < 4.78 is 1.92. The summed E-state index contributed by atoms with van der Waals surface area (Å²) in [6.07, 6.45) is 4.26. The lowest BCUT2D eigenvalue weighted by Gasteiger charge is -2.09. The number of hydrogen-bond donors (Lipinski definition) is 1. The molecule has 0 aliphatic carbocycles. The number of nitrogens with zero attached hydrogens (tertiary/aromatic N) is 2. The van der Waals surface area contributed by atoms with E-state index in [-0.39, 0.29) is 11.2 Å². The first-order valence-corrected chi connectivity index (χ1v) is 8.88. The molecule has 0 bridgehead atoms. The third-order valence-electron chi connectivity index (χ3n) is 2.55. The topological polar surface area (TPSA) is 54.9 Å². The average Bonchev–Trinajstić information content (AvgIpc) is 2.72. The highest BCUT2D eigenvalue weighted by molar-refractivity contribution is 8.03. The van der Waals surface area contributed by atoms with Gasteiger partial charge in [-0.25, -0.2) is 0 Å². The van der Waals surface area contributed by atoms with E-state index in [0.29, 0.717) is 0 Å². The molecule has 0 aromatic carbocycles. The van der Waals surface area contributed by atoms with E-state index >= 15 is 0 Å². The van der Waals surface area contributed by atoms with Gasteiger partial charge in [0.2, 0.25) is 5.91 Å². The van der Waals surface area contributed by atoms with Gasteiger partial charge in [0, 0.05) is 12.3 Å². The average molecular weight is 303 g/mol. The normalized spacial score (nSPS) is 20.5. The summed E-state index contributed by atoms with van der Waals surface area (Å²) in [6.45, 7) is 2.96.